The summed E-state index contributed by atoms with van der Waals surface area (Å²) in [5.41, 5.74) is -0.438. The molecule has 0 bridgehead atoms. The number of rotatable bonds is 9. The van der Waals surface area contributed by atoms with Crippen LogP contribution in [0.1, 0.15) is 53.4 Å². The second-order valence-electron chi connectivity index (χ2n) is 8.33. The summed E-state index contributed by atoms with van der Waals surface area (Å²) in [4.78, 5) is 16.5. The molecule has 0 aromatic rings. The third-order valence-corrected chi connectivity index (χ3v) is 4.30. The van der Waals surface area contributed by atoms with Gasteiger partial charge < -0.3 is 24.6 Å². The van der Waals surface area contributed by atoms with Gasteiger partial charge in [0, 0.05) is 31.7 Å². The van der Waals surface area contributed by atoms with Gasteiger partial charge in [0.1, 0.15) is 5.60 Å². The molecule has 1 aliphatic rings. The zero-order valence-corrected chi connectivity index (χ0v) is 17.1. The summed E-state index contributed by atoms with van der Waals surface area (Å²) in [6.07, 6.45) is 4.10. The molecule has 1 heterocycles. The van der Waals surface area contributed by atoms with Gasteiger partial charge >= 0.3 is 6.09 Å². The largest absolute Gasteiger partial charge is 0.444 e. The van der Waals surface area contributed by atoms with Crippen molar-refractivity contribution in [2.24, 2.45) is 0 Å². The number of likely N-dealkylation sites (tertiary alicyclic amines) is 1. The molecule has 1 rings (SSSR count). The smallest absolute Gasteiger partial charge is 0.410 e. The van der Waals surface area contributed by atoms with Crippen molar-refractivity contribution >= 4 is 6.09 Å². The van der Waals surface area contributed by atoms with Gasteiger partial charge in [-0.15, -0.1) is 0 Å². The molecule has 2 unspecified atom stereocenters. The van der Waals surface area contributed by atoms with E-state index in [1.807, 2.05) is 39.8 Å². The first-order valence-corrected chi connectivity index (χ1v) is 9.64. The van der Waals surface area contributed by atoms with Gasteiger partial charge in [0.15, 0.2) is 0 Å². The molecule has 2 atom stereocenters. The zero-order valence-electron chi connectivity index (χ0n) is 17.1. The van der Waals surface area contributed by atoms with E-state index < -0.39 is 5.60 Å². The molecule has 6 nitrogen and oxygen atoms in total. The van der Waals surface area contributed by atoms with Crippen molar-refractivity contribution in [2.45, 2.75) is 71.1 Å². The molecule has 0 aromatic heterocycles. The van der Waals surface area contributed by atoms with Crippen LogP contribution in [0, 0.1) is 0 Å². The van der Waals surface area contributed by atoms with E-state index in [0.29, 0.717) is 6.04 Å². The van der Waals surface area contributed by atoms with Gasteiger partial charge in [-0.2, -0.15) is 0 Å². The van der Waals surface area contributed by atoms with Crippen LogP contribution in [-0.4, -0.2) is 80.5 Å². The van der Waals surface area contributed by atoms with Gasteiger partial charge in [-0.1, -0.05) is 0 Å². The summed E-state index contributed by atoms with van der Waals surface area (Å²) in [6, 6.07) is 0.617. The fourth-order valence-electron chi connectivity index (χ4n) is 3.02. The number of hydrogen-bond donors (Lipinski definition) is 1. The summed E-state index contributed by atoms with van der Waals surface area (Å²) < 4.78 is 11.2. The molecule has 0 radical (unpaired) electrons. The zero-order chi connectivity index (χ0) is 18.9. The Balaban J connectivity index is 2.32. The molecule has 0 aliphatic carbocycles. The lowest BCUT2D eigenvalue weighted by Crippen LogP contribution is -2.48. The van der Waals surface area contributed by atoms with E-state index in [4.69, 9.17) is 9.47 Å². The molecule has 1 amide bonds. The predicted octanol–water partition coefficient (Wildman–Crippen LogP) is 2.72. The number of nitrogens with zero attached hydrogens (tertiary/aromatic N) is 2. The maximum atomic E-state index is 12.5. The first-order chi connectivity index (χ1) is 11.7. The van der Waals surface area contributed by atoms with Gasteiger partial charge in [-0.05, 0) is 67.5 Å². The Hall–Kier alpha value is -0.850. The number of piperidine rings is 1. The lowest BCUT2D eigenvalue weighted by molar-refractivity contribution is 0.00778. The summed E-state index contributed by atoms with van der Waals surface area (Å²) in [5, 5.41) is 3.51. The predicted molar refractivity (Wildman–Crippen MR) is 102 cm³/mol. The van der Waals surface area contributed by atoms with Crippen molar-refractivity contribution in [3.63, 3.8) is 0 Å². The molecule has 0 aromatic carbocycles. The number of hydrogen-bond acceptors (Lipinski definition) is 5. The molecule has 1 aliphatic heterocycles. The first kappa shape index (κ1) is 22.2. The summed E-state index contributed by atoms with van der Waals surface area (Å²) >= 11 is 0. The number of carbonyl (C=O) groups excluding carboxylic acids is 1. The Labute approximate surface area is 154 Å². The first-order valence-electron chi connectivity index (χ1n) is 9.64. The highest BCUT2D eigenvalue weighted by atomic mass is 16.6. The molecule has 0 saturated carbocycles. The highest BCUT2D eigenvalue weighted by Gasteiger charge is 2.31. The highest BCUT2D eigenvalue weighted by Crippen LogP contribution is 2.23. The highest BCUT2D eigenvalue weighted by molar-refractivity contribution is 5.68. The minimum atomic E-state index is -0.438. The van der Waals surface area contributed by atoms with E-state index in [9.17, 15) is 4.79 Å². The standard InChI is InChI=1S/C19H39N3O3/c1-16(20-10-13-24-14-12-21(5)6)15-17-9-7-8-11-22(17)18(23)25-19(2,3)4/h16-17,20H,7-15H2,1-6H3. The van der Waals surface area contributed by atoms with Crippen molar-refractivity contribution in [3.8, 4) is 0 Å². The summed E-state index contributed by atoms with van der Waals surface area (Å²) in [6.45, 7) is 12.0. The van der Waals surface area contributed by atoms with Gasteiger partial charge in [0.2, 0.25) is 0 Å². The van der Waals surface area contributed by atoms with Crippen molar-refractivity contribution in [1.82, 2.24) is 15.1 Å². The third kappa shape index (κ3) is 10.0. The Morgan fingerprint density at radius 1 is 1.28 bits per heavy atom. The maximum absolute atomic E-state index is 12.5. The second-order valence-corrected chi connectivity index (χ2v) is 8.33. The Morgan fingerprint density at radius 3 is 2.64 bits per heavy atom. The van der Waals surface area contributed by atoms with E-state index in [0.717, 1.165) is 52.1 Å². The van der Waals surface area contributed by atoms with Crippen molar-refractivity contribution in [3.05, 3.63) is 0 Å². The van der Waals surface area contributed by atoms with Gasteiger partial charge in [-0.25, -0.2) is 4.79 Å². The van der Waals surface area contributed by atoms with Crippen LogP contribution in [-0.2, 0) is 9.47 Å². The van der Waals surface area contributed by atoms with Gasteiger partial charge in [0.05, 0.1) is 13.2 Å². The average molecular weight is 358 g/mol. The number of ether oxygens (including phenoxy) is 2. The molecule has 6 heteroatoms. The lowest BCUT2D eigenvalue weighted by Gasteiger charge is -2.38. The number of nitrogens with one attached hydrogen (secondary N) is 1. The SMILES string of the molecule is CC(CC1CCCCN1C(=O)OC(C)(C)C)NCCOCCN(C)C. The van der Waals surface area contributed by atoms with Crippen LogP contribution in [0.2, 0.25) is 0 Å². The van der Waals surface area contributed by atoms with Crippen LogP contribution in [0.25, 0.3) is 0 Å². The normalized spacial score (nSPS) is 20.0. The van der Waals surface area contributed by atoms with E-state index in [-0.39, 0.29) is 12.1 Å². The monoisotopic (exact) mass is 357 g/mol. The molecule has 25 heavy (non-hydrogen) atoms. The average Bonchev–Trinajstić information content (AvgIpc) is 2.49. The molecule has 1 fully saturated rings. The van der Waals surface area contributed by atoms with Crippen molar-refractivity contribution in [2.75, 3.05) is 46.9 Å². The van der Waals surface area contributed by atoms with Crippen LogP contribution in [0.5, 0.6) is 0 Å². The van der Waals surface area contributed by atoms with E-state index in [1.54, 1.807) is 0 Å². The fourth-order valence-corrected chi connectivity index (χ4v) is 3.02. The van der Waals surface area contributed by atoms with E-state index in [1.165, 1.54) is 6.42 Å². The second kappa shape index (κ2) is 11.0. The van der Waals surface area contributed by atoms with Gasteiger partial charge in [0.25, 0.3) is 0 Å². The molecule has 1 N–H and O–H groups in total. The Bertz CT molecular complexity index is 383. The fraction of sp³-hybridized carbons (Fsp3) is 0.947. The minimum absolute atomic E-state index is 0.170. The molecule has 1 saturated heterocycles. The number of carbonyl (C=O) groups is 1. The van der Waals surface area contributed by atoms with Crippen LogP contribution in [0.3, 0.4) is 0 Å². The lowest BCUT2D eigenvalue weighted by atomic mass is 9.97. The van der Waals surface area contributed by atoms with Crippen molar-refractivity contribution in [1.29, 1.82) is 0 Å². The van der Waals surface area contributed by atoms with E-state index in [2.05, 4.69) is 17.1 Å². The number of likely N-dealkylation sites (N-methyl/N-ethyl adjacent to an activating group) is 1. The van der Waals surface area contributed by atoms with Crippen LogP contribution in [0.4, 0.5) is 4.79 Å². The molecular weight excluding hydrogens is 318 g/mol. The Kier molecular flexibility index (Phi) is 9.75. The Morgan fingerprint density at radius 2 is 2.00 bits per heavy atom. The van der Waals surface area contributed by atoms with Crippen molar-refractivity contribution < 1.29 is 14.3 Å². The topological polar surface area (TPSA) is 54.0 Å². The quantitative estimate of drug-likeness (QED) is 0.643. The van der Waals surface area contributed by atoms with Crippen LogP contribution >= 0.6 is 0 Å². The van der Waals surface area contributed by atoms with Crippen LogP contribution in [0.15, 0.2) is 0 Å². The molecule has 0 spiro atoms. The molecular formula is C19H39N3O3. The maximum Gasteiger partial charge on any atom is 0.410 e. The number of amides is 1. The van der Waals surface area contributed by atoms with Gasteiger partial charge in [-0.3, -0.25) is 0 Å². The summed E-state index contributed by atoms with van der Waals surface area (Å²) in [5.74, 6) is 0. The third-order valence-electron chi connectivity index (χ3n) is 4.30. The van der Waals surface area contributed by atoms with E-state index >= 15 is 0 Å². The summed E-state index contributed by atoms with van der Waals surface area (Å²) in [7, 11) is 4.09. The minimum Gasteiger partial charge on any atom is -0.444 e. The molecule has 148 valence electrons. The van der Waals surface area contributed by atoms with Crippen LogP contribution < -0.4 is 5.32 Å².